The standard InChI is InChI=1S/C19H28O4/c1-12-7-9-15-18(3,10-5-11-19(15,4)17(22)23)14(12)8-6-13(2)16(20)21/h6,14-15H,1,5,7-11H2,2-4H3,(H,20,21)(H,22,23)/b13-6+/t14-,15+,18+,19+/m0/s1. The smallest absolute Gasteiger partial charge is 0.330 e. The molecule has 23 heavy (non-hydrogen) atoms. The summed E-state index contributed by atoms with van der Waals surface area (Å²) in [7, 11) is 0. The van der Waals surface area contributed by atoms with Crippen molar-refractivity contribution in [2.75, 3.05) is 0 Å². The molecule has 0 aromatic rings. The Morgan fingerprint density at radius 2 is 1.96 bits per heavy atom. The molecule has 2 rings (SSSR count). The monoisotopic (exact) mass is 320 g/mol. The number of allylic oxidation sites excluding steroid dienone is 2. The maximum atomic E-state index is 11.9. The second kappa shape index (κ2) is 6.14. The fraction of sp³-hybridized carbons (Fsp3) is 0.684. The van der Waals surface area contributed by atoms with Crippen LogP contribution in [0.15, 0.2) is 23.8 Å². The lowest BCUT2D eigenvalue weighted by Crippen LogP contribution is -2.53. The lowest BCUT2D eigenvalue weighted by Gasteiger charge is -2.57. The summed E-state index contributed by atoms with van der Waals surface area (Å²) >= 11 is 0. The quantitative estimate of drug-likeness (QED) is 0.599. The summed E-state index contributed by atoms with van der Waals surface area (Å²) in [5, 5.41) is 18.8. The molecule has 0 radical (unpaired) electrons. The van der Waals surface area contributed by atoms with Crippen LogP contribution in [0.2, 0.25) is 0 Å². The summed E-state index contributed by atoms with van der Waals surface area (Å²) in [6.07, 6.45) is 6.75. The summed E-state index contributed by atoms with van der Waals surface area (Å²) in [4.78, 5) is 22.9. The second-order valence-electron chi connectivity index (χ2n) is 7.81. The van der Waals surface area contributed by atoms with Gasteiger partial charge < -0.3 is 10.2 Å². The highest BCUT2D eigenvalue weighted by Crippen LogP contribution is 2.61. The molecule has 4 nitrogen and oxygen atoms in total. The Balaban J connectivity index is 2.35. The van der Waals surface area contributed by atoms with Crippen LogP contribution in [0.3, 0.4) is 0 Å². The summed E-state index contributed by atoms with van der Waals surface area (Å²) in [5.74, 6) is -1.31. The van der Waals surface area contributed by atoms with E-state index in [2.05, 4.69) is 13.5 Å². The van der Waals surface area contributed by atoms with Gasteiger partial charge in [-0.15, -0.1) is 0 Å². The van der Waals surface area contributed by atoms with Crippen molar-refractivity contribution in [2.24, 2.45) is 22.7 Å². The molecule has 0 saturated heterocycles. The van der Waals surface area contributed by atoms with Crippen molar-refractivity contribution in [1.82, 2.24) is 0 Å². The van der Waals surface area contributed by atoms with Gasteiger partial charge in [-0.3, -0.25) is 4.79 Å². The van der Waals surface area contributed by atoms with Gasteiger partial charge in [-0.1, -0.05) is 31.6 Å². The molecule has 128 valence electrons. The molecule has 0 bridgehead atoms. The number of fused-ring (bicyclic) bond motifs is 1. The van der Waals surface area contributed by atoms with Crippen LogP contribution in [-0.4, -0.2) is 22.2 Å². The van der Waals surface area contributed by atoms with Gasteiger partial charge in [-0.25, -0.2) is 4.79 Å². The molecule has 0 spiro atoms. The first kappa shape index (κ1) is 17.8. The Labute approximate surface area is 138 Å². The zero-order chi connectivity index (χ0) is 17.4. The van der Waals surface area contributed by atoms with E-state index < -0.39 is 17.4 Å². The molecule has 0 aliphatic heterocycles. The molecular formula is C19H28O4. The topological polar surface area (TPSA) is 74.6 Å². The van der Waals surface area contributed by atoms with Gasteiger partial charge in [0.2, 0.25) is 0 Å². The predicted molar refractivity (Wildman–Crippen MR) is 89.1 cm³/mol. The summed E-state index contributed by atoms with van der Waals surface area (Å²) in [6, 6.07) is 0. The fourth-order valence-corrected chi connectivity index (χ4v) is 5.02. The second-order valence-corrected chi connectivity index (χ2v) is 7.81. The number of carboxylic acid groups (broad SMARTS) is 2. The lowest BCUT2D eigenvalue weighted by molar-refractivity contribution is -0.164. The van der Waals surface area contributed by atoms with E-state index in [1.54, 1.807) is 13.0 Å². The molecule has 2 N–H and O–H groups in total. The van der Waals surface area contributed by atoms with E-state index in [1.807, 2.05) is 6.92 Å². The van der Waals surface area contributed by atoms with Crippen LogP contribution in [0.5, 0.6) is 0 Å². The fourth-order valence-electron chi connectivity index (χ4n) is 5.02. The number of carbonyl (C=O) groups is 2. The van der Waals surface area contributed by atoms with Crippen LogP contribution >= 0.6 is 0 Å². The number of hydrogen-bond donors (Lipinski definition) is 2. The third-order valence-corrected chi connectivity index (χ3v) is 6.51. The molecule has 0 aromatic heterocycles. The molecule has 4 atom stereocenters. The van der Waals surface area contributed by atoms with E-state index in [9.17, 15) is 14.7 Å². The SMILES string of the molecule is C=C1CC[C@@H]2[C@](C)(CCC[C@@]2(C)C(=O)O)[C@H]1C/C=C(\C)C(=O)O. The van der Waals surface area contributed by atoms with Gasteiger partial charge in [0.25, 0.3) is 0 Å². The van der Waals surface area contributed by atoms with Crippen molar-refractivity contribution in [3.63, 3.8) is 0 Å². The van der Waals surface area contributed by atoms with Crippen molar-refractivity contribution in [1.29, 1.82) is 0 Å². The highest BCUT2D eigenvalue weighted by Gasteiger charge is 2.57. The maximum Gasteiger partial charge on any atom is 0.330 e. The van der Waals surface area contributed by atoms with E-state index in [4.69, 9.17) is 5.11 Å². The van der Waals surface area contributed by atoms with Crippen molar-refractivity contribution in [3.05, 3.63) is 23.8 Å². The minimum atomic E-state index is -0.896. The van der Waals surface area contributed by atoms with Gasteiger partial charge in [0, 0.05) is 5.57 Å². The van der Waals surface area contributed by atoms with Gasteiger partial charge in [0.05, 0.1) is 5.41 Å². The zero-order valence-corrected chi connectivity index (χ0v) is 14.4. The predicted octanol–water partition coefficient (Wildman–Crippen LogP) is 4.27. The van der Waals surface area contributed by atoms with Crippen molar-refractivity contribution in [2.45, 2.75) is 59.3 Å². The van der Waals surface area contributed by atoms with E-state index in [1.165, 1.54) is 0 Å². The zero-order valence-electron chi connectivity index (χ0n) is 14.4. The van der Waals surface area contributed by atoms with Gasteiger partial charge in [0.1, 0.15) is 0 Å². The minimum Gasteiger partial charge on any atom is -0.481 e. The molecule has 2 aliphatic rings. The highest BCUT2D eigenvalue weighted by atomic mass is 16.4. The van der Waals surface area contributed by atoms with Gasteiger partial charge in [0.15, 0.2) is 0 Å². The van der Waals surface area contributed by atoms with E-state index in [-0.39, 0.29) is 17.3 Å². The van der Waals surface area contributed by atoms with Crippen molar-refractivity contribution < 1.29 is 19.8 Å². The normalized spacial score (nSPS) is 38.0. The molecule has 2 saturated carbocycles. The molecule has 2 fully saturated rings. The highest BCUT2D eigenvalue weighted by molar-refractivity contribution is 5.85. The third-order valence-electron chi connectivity index (χ3n) is 6.51. The van der Waals surface area contributed by atoms with Crippen LogP contribution in [0.1, 0.15) is 59.3 Å². The average molecular weight is 320 g/mol. The Hall–Kier alpha value is -1.58. The van der Waals surface area contributed by atoms with Gasteiger partial charge >= 0.3 is 11.9 Å². The first-order valence-electron chi connectivity index (χ1n) is 8.44. The molecule has 0 aromatic carbocycles. The summed E-state index contributed by atoms with van der Waals surface area (Å²) < 4.78 is 0. The molecule has 4 heteroatoms. The average Bonchev–Trinajstić information content (AvgIpc) is 2.45. The van der Waals surface area contributed by atoms with Crippen molar-refractivity contribution in [3.8, 4) is 0 Å². The number of rotatable bonds is 4. The number of aliphatic carboxylic acids is 2. The number of hydrogen-bond acceptors (Lipinski definition) is 2. The minimum absolute atomic E-state index is 0.115. The van der Waals surface area contributed by atoms with Crippen LogP contribution in [0, 0.1) is 22.7 Å². The largest absolute Gasteiger partial charge is 0.481 e. The first-order valence-corrected chi connectivity index (χ1v) is 8.44. The van der Waals surface area contributed by atoms with Crippen LogP contribution < -0.4 is 0 Å². The number of carboxylic acids is 2. The molecule has 0 heterocycles. The van der Waals surface area contributed by atoms with Crippen LogP contribution in [-0.2, 0) is 9.59 Å². The third kappa shape index (κ3) is 2.96. The van der Waals surface area contributed by atoms with Crippen LogP contribution in [0.25, 0.3) is 0 Å². The summed E-state index contributed by atoms with van der Waals surface area (Å²) in [6.45, 7) is 9.91. The maximum absolute atomic E-state index is 11.9. The Bertz CT molecular complexity index is 562. The molecule has 0 amide bonds. The Morgan fingerprint density at radius 1 is 1.30 bits per heavy atom. The molecular weight excluding hydrogens is 292 g/mol. The molecule has 0 unspecified atom stereocenters. The lowest BCUT2D eigenvalue weighted by atomic mass is 9.46. The summed E-state index contributed by atoms with van der Waals surface area (Å²) in [5.41, 5.74) is 0.696. The Kier molecular flexibility index (Phi) is 4.74. The van der Waals surface area contributed by atoms with E-state index in [0.29, 0.717) is 12.0 Å². The van der Waals surface area contributed by atoms with E-state index >= 15 is 0 Å². The van der Waals surface area contributed by atoms with Crippen molar-refractivity contribution >= 4 is 11.9 Å². The van der Waals surface area contributed by atoms with Crippen LogP contribution in [0.4, 0.5) is 0 Å². The molecule has 2 aliphatic carbocycles. The first-order chi connectivity index (χ1) is 10.6. The van der Waals surface area contributed by atoms with Gasteiger partial charge in [-0.05, 0) is 63.2 Å². The Morgan fingerprint density at radius 3 is 2.52 bits per heavy atom. The van der Waals surface area contributed by atoms with E-state index in [0.717, 1.165) is 37.7 Å². The van der Waals surface area contributed by atoms with Gasteiger partial charge in [-0.2, -0.15) is 0 Å².